The van der Waals surface area contributed by atoms with E-state index in [1.807, 2.05) is 42.5 Å². The van der Waals surface area contributed by atoms with E-state index >= 15 is 0 Å². The predicted octanol–water partition coefficient (Wildman–Crippen LogP) is 3.30. The minimum absolute atomic E-state index is 0.605. The summed E-state index contributed by atoms with van der Waals surface area (Å²) in [4.78, 5) is 4.32. The summed E-state index contributed by atoms with van der Waals surface area (Å²) in [6.07, 6.45) is 1.66. The lowest BCUT2D eigenvalue weighted by atomic mass is 10.1. The smallest absolute Gasteiger partial charge is 0.0991 e. The van der Waals surface area contributed by atoms with Crippen molar-refractivity contribution in [1.82, 2.24) is 4.98 Å². The van der Waals surface area contributed by atoms with E-state index in [1.54, 1.807) is 12.3 Å². The number of benzene rings is 2. The van der Waals surface area contributed by atoms with Crippen LogP contribution in [0, 0.1) is 11.3 Å². The molecule has 0 radical (unpaired) electrons. The molecule has 0 aliphatic heterocycles. The van der Waals surface area contributed by atoms with Gasteiger partial charge in [-0.2, -0.15) is 5.26 Å². The lowest BCUT2D eigenvalue weighted by Crippen LogP contribution is -2.04. The van der Waals surface area contributed by atoms with Crippen molar-refractivity contribution in [3.8, 4) is 6.07 Å². The minimum Gasteiger partial charge on any atom is -0.396 e. The van der Waals surface area contributed by atoms with Gasteiger partial charge >= 0.3 is 0 Å². The fraction of sp³-hybridized carbons (Fsp3) is 0.0588. The Bertz CT molecular complexity index is 834. The molecule has 0 aliphatic carbocycles. The lowest BCUT2D eigenvalue weighted by molar-refractivity contribution is 1.15. The molecule has 0 saturated carbocycles. The van der Waals surface area contributed by atoms with Crippen LogP contribution in [0.4, 0.5) is 11.4 Å². The monoisotopic (exact) mass is 274 g/mol. The summed E-state index contributed by atoms with van der Waals surface area (Å²) in [7, 11) is 0. The Morgan fingerprint density at radius 3 is 2.86 bits per heavy atom. The third kappa shape index (κ3) is 2.63. The van der Waals surface area contributed by atoms with E-state index in [-0.39, 0.29) is 0 Å². The summed E-state index contributed by atoms with van der Waals surface area (Å²) in [5, 5.41) is 13.3. The van der Waals surface area contributed by atoms with Gasteiger partial charge in [-0.15, -0.1) is 0 Å². The maximum Gasteiger partial charge on any atom is 0.0991 e. The fourth-order valence-electron chi connectivity index (χ4n) is 2.30. The molecule has 4 heteroatoms. The van der Waals surface area contributed by atoms with Gasteiger partial charge in [0.1, 0.15) is 0 Å². The van der Waals surface area contributed by atoms with Crippen LogP contribution in [-0.2, 0) is 6.54 Å². The lowest BCUT2D eigenvalue weighted by Gasteiger charge is -2.12. The molecule has 3 aromatic rings. The number of nitrogen functional groups attached to an aromatic ring is 1. The van der Waals surface area contributed by atoms with Gasteiger partial charge in [-0.05, 0) is 23.8 Å². The Hall–Kier alpha value is -3.06. The Kier molecular flexibility index (Phi) is 3.40. The third-order valence-electron chi connectivity index (χ3n) is 3.33. The van der Waals surface area contributed by atoms with Gasteiger partial charge in [0, 0.05) is 11.9 Å². The van der Waals surface area contributed by atoms with Gasteiger partial charge in [0.25, 0.3) is 0 Å². The molecule has 3 rings (SSSR count). The summed E-state index contributed by atoms with van der Waals surface area (Å²) in [5.41, 5.74) is 10.1. The quantitative estimate of drug-likeness (QED) is 0.768. The second-order valence-electron chi connectivity index (χ2n) is 4.77. The van der Waals surface area contributed by atoms with Crippen LogP contribution in [0.15, 0.2) is 54.7 Å². The number of rotatable bonds is 3. The predicted molar refractivity (Wildman–Crippen MR) is 84.6 cm³/mol. The SMILES string of the molecule is N#Cc1cccc(CNc2c(N)cnc3ccccc23)c1. The number of fused-ring (bicyclic) bond motifs is 1. The highest BCUT2D eigenvalue weighted by Crippen LogP contribution is 2.27. The Morgan fingerprint density at radius 2 is 2.00 bits per heavy atom. The minimum atomic E-state index is 0.605. The zero-order chi connectivity index (χ0) is 14.7. The topological polar surface area (TPSA) is 74.7 Å². The van der Waals surface area contributed by atoms with Crippen molar-refractivity contribution in [2.24, 2.45) is 0 Å². The van der Waals surface area contributed by atoms with E-state index in [4.69, 9.17) is 11.0 Å². The first-order chi connectivity index (χ1) is 10.3. The number of nitrogens with two attached hydrogens (primary N) is 1. The second-order valence-corrected chi connectivity index (χ2v) is 4.77. The number of aromatic nitrogens is 1. The van der Waals surface area contributed by atoms with Crippen molar-refractivity contribution in [3.63, 3.8) is 0 Å². The number of nitrogens with zero attached hydrogens (tertiary/aromatic N) is 2. The van der Waals surface area contributed by atoms with Crippen LogP contribution in [0.2, 0.25) is 0 Å². The summed E-state index contributed by atoms with van der Waals surface area (Å²) in [5.74, 6) is 0. The summed E-state index contributed by atoms with van der Waals surface area (Å²) in [6.45, 7) is 0.605. The first-order valence-corrected chi connectivity index (χ1v) is 6.64. The first kappa shape index (κ1) is 12.9. The van der Waals surface area contributed by atoms with Gasteiger partial charge in [-0.1, -0.05) is 30.3 Å². The van der Waals surface area contributed by atoms with Crippen LogP contribution in [-0.4, -0.2) is 4.98 Å². The molecule has 21 heavy (non-hydrogen) atoms. The van der Waals surface area contributed by atoms with Gasteiger partial charge in [0.2, 0.25) is 0 Å². The number of hydrogen-bond donors (Lipinski definition) is 2. The normalized spacial score (nSPS) is 10.2. The van der Waals surface area contributed by atoms with E-state index in [2.05, 4.69) is 16.4 Å². The highest BCUT2D eigenvalue weighted by molar-refractivity contribution is 5.96. The van der Waals surface area contributed by atoms with Gasteiger partial charge < -0.3 is 11.1 Å². The largest absolute Gasteiger partial charge is 0.396 e. The van der Waals surface area contributed by atoms with Crippen LogP contribution in [0.5, 0.6) is 0 Å². The van der Waals surface area contributed by atoms with Crippen LogP contribution in [0.3, 0.4) is 0 Å². The summed E-state index contributed by atoms with van der Waals surface area (Å²) in [6, 6.07) is 17.5. The van der Waals surface area contributed by atoms with Gasteiger partial charge in [0.05, 0.1) is 34.7 Å². The zero-order valence-electron chi connectivity index (χ0n) is 11.4. The summed E-state index contributed by atoms with van der Waals surface area (Å²) >= 11 is 0. The molecule has 0 amide bonds. The molecule has 4 nitrogen and oxygen atoms in total. The third-order valence-corrected chi connectivity index (χ3v) is 3.33. The Morgan fingerprint density at radius 1 is 1.14 bits per heavy atom. The number of pyridine rings is 1. The van der Waals surface area contributed by atoms with E-state index in [0.717, 1.165) is 22.2 Å². The Labute approximate surface area is 122 Å². The molecule has 2 aromatic carbocycles. The number of hydrogen-bond acceptors (Lipinski definition) is 4. The molecule has 0 aliphatic rings. The molecule has 1 aromatic heterocycles. The maximum atomic E-state index is 8.93. The van der Waals surface area contributed by atoms with Crippen molar-refractivity contribution < 1.29 is 0 Å². The number of nitriles is 1. The van der Waals surface area contributed by atoms with Gasteiger partial charge in [-0.25, -0.2) is 0 Å². The average molecular weight is 274 g/mol. The molecule has 0 atom stereocenters. The van der Waals surface area contributed by atoms with Crippen molar-refractivity contribution in [2.75, 3.05) is 11.1 Å². The average Bonchev–Trinajstić information content (AvgIpc) is 2.54. The molecule has 0 spiro atoms. The standard InChI is InChI=1S/C17H14N4/c18-9-12-4-3-5-13(8-12)10-21-17-14-6-1-2-7-16(14)20-11-15(17)19/h1-8,11H,10,19H2,(H,20,21). The molecular formula is C17H14N4. The molecule has 0 fully saturated rings. The van der Waals surface area contributed by atoms with Gasteiger partial charge in [0.15, 0.2) is 0 Å². The van der Waals surface area contributed by atoms with Crippen LogP contribution < -0.4 is 11.1 Å². The maximum absolute atomic E-state index is 8.93. The van der Waals surface area contributed by atoms with E-state index in [1.165, 1.54) is 0 Å². The molecule has 102 valence electrons. The molecule has 1 heterocycles. The van der Waals surface area contributed by atoms with E-state index in [9.17, 15) is 0 Å². The van der Waals surface area contributed by atoms with Crippen LogP contribution in [0.1, 0.15) is 11.1 Å². The number of anilines is 2. The van der Waals surface area contributed by atoms with Crippen molar-refractivity contribution >= 4 is 22.3 Å². The van der Waals surface area contributed by atoms with Gasteiger partial charge in [-0.3, -0.25) is 4.98 Å². The second kappa shape index (κ2) is 5.51. The molecule has 0 unspecified atom stereocenters. The highest BCUT2D eigenvalue weighted by atomic mass is 14.9. The van der Waals surface area contributed by atoms with Crippen molar-refractivity contribution in [1.29, 1.82) is 5.26 Å². The Balaban J connectivity index is 1.91. The van der Waals surface area contributed by atoms with E-state index in [0.29, 0.717) is 17.8 Å². The molecule has 0 bridgehead atoms. The fourth-order valence-corrected chi connectivity index (χ4v) is 2.30. The molecular weight excluding hydrogens is 260 g/mol. The molecule has 3 N–H and O–H groups in total. The van der Waals surface area contributed by atoms with Crippen molar-refractivity contribution in [2.45, 2.75) is 6.54 Å². The summed E-state index contributed by atoms with van der Waals surface area (Å²) < 4.78 is 0. The first-order valence-electron chi connectivity index (χ1n) is 6.64. The molecule has 0 saturated heterocycles. The van der Waals surface area contributed by atoms with Crippen LogP contribution >= 0.6 is 0 Å². The zero-order valence-corrected chi connectivity index (χ0v) is 11.4. The van der Waals surface area contributed by atoms with E-state index < -0.39 is 0 Å². The number of nitrogens with one attached hydrogen (secondary N) is 1. The highest BCUT2D eigenvalue weighted by Gasteiger charge is 2.06. The number of para-hydroxylation sites is 1. The van der Waals surface area contributed by atoms with Crippen LogP contribution in [0.25, 0.3) is 10.9 Å². The van der Waals surface area contributed by atoms with Crippen molar-refractivity contribution in [3.05, 3.63) is 65.9 Å².